The van der Waals surface area contributed by atoms with E-state index < -0.39 is 0 Å². The number of pyridine rings is 1. The molecule has 2 rings (SSSR count). The molecule has 0 amide bonds. The molecule has 2 nitrogen and oxygen atoms in total. The lowest BCUT2D eigenvalue weighted by molar-refractivity contribution is -0.896. The summed E-state index contributed by atoms with van der Waals surface area (Å²) < 4.78 is 13.8. The first-order valence-electron chi connectivity index (χ1n) is 5.23. The molecule has 0 radical (unpaired) electrons. The van der Waals surface area contributed by atoms with Crippen LogP contribution in [0, 0.1) is 5.82 Å². The van der Waals surface area contributed by atoms with Crippen molar-refractivity contribution >= 4 is 0 Å². The molecule has 16 heavy (non-hydrogen) atoms. The summed E-state index contributed by atoms with van der Waals surface area (Å²) in [7, 11) is 0. The Balaban J connectivity index is 0.000000606. The third-order valence-electron chi connectivity index (χ3n) is 1.97. The molecular formula is C13H15FNO+. The van der Waals surface area contributed by atoms with Crippen molar-refractivity contribution in [2.45, 2.75) is 13.8 Å². The maximum absolute atomic E-state index is 12.9. The topological polar surface area (TPSA) is 24.1 Å². The second-order valence-corrected chi connectivity index (χ2v) is 2.94. The zero-order valence-corrected chi connectivity index (χ0v) is 9.39. The van der Waals surface area contributed by atoms with E-state index in [0.29, 0.717) is 5.69 Å². The summed E-state index contributed by atoms with van der Waals surface area (Å²) in [6.45, 7) is 4.00. The Bertz CT molecular complexity index is 443. The summed E-state index contributed by atoms with van der Waals surface area (Å²) in [5.41, 5.74) is 1.21. The van der Waals surface area contributed by atoms with Crippen molar-refractivity contribution in [2.75, 3.05) is 0 Å². The average molecular weight is 220 g/mol. The van der Waals surface area contributed by atoms with Gasteiger partial charge in [0, 0.05) is 10.8 Å². The highest BCUT2D eigenvalue weighted by Crippen LogP contribution is 2.14. The van der Waals surface area contributed by atoms with Gasteiger partial charge in [0.15, 0.2) is 0 Å². The SMILES string of the molecule is CC.O[n+]1ccc(F)cc1-c1ccccc1. The fourth-order valence-corrected chi connectivity index (χ4v) is 1.29. The predicted molar refractivity (Wildman–Crippen MR) is 60.6 cm³/mol. The normalized spacial score (nSPS) is 9.19. The molecular weight excluding hydrogens is 205 g/mol. The molecule has 1 N–H and O–H groups in total. The van der Waals surface area contributed by atoms with Gasteiger partial charge in [0.2, 0.25) is 6.20 Å². The Labute approximate surface area is 94.6 Å². The van der Waals surface area contributed by atoms with Crippen LogP contribution in [0.1, 0.15) is 13.8 Å². The van der Waals surface area contributed by atoms with E-state index in [9.17, 15) is 9.60 Å². The van der Waals surface area contributed by atoms with Crippen molar-refractivity contribution in [2.24, 2.45) is 0 Å². The fraction of sp³-hybridized carbons (Fsp3) is 0.154. The average Bonchev–Trinajstić information content (AvgIpc) is 2.36. The predicted octanol–water partition coefficient (Wildman–Crippen LogP) is 3.04. The lowest BCUT2D eigenvalue weighted by Crippen LogP contribution is -2.32. The minimum atomic E-state index is -0.367. The zero-order chi connectivity index (χ0) is 12.0. The minimum Gasteiger partial charge on any atom is -0.285 e. The van der Waals surface area contributed by atoms with Gasteiger partial charge >= 0.3 is 0 Å². The Hall–Kier alpha value is -1.90. The number of benzene rings is 1. The van der Waals surface area contributed by atoms with Gasteiger partial charge in [-0.2, -0.15) is 0 Å². The Morgan fingerprint density at radius 2 is 1.69 bits per heavy atom. The van der Waals surface area contributed by atoms with E-state index in [-0.39, 0.29) is 5.82 Å². The van der Waals surface area contributed by atoms with E-state index in [1.807, 2.05) is 44.2 Å². The largest absolute Gasteiger partial charge is 0.285 e. The number of hydrogen-bond acceptors (Lipinski definition) is 1. The van der Waals surface area contributed by atoms with Crippen molar-refractivity contribution < 1.29 is 14.3 Å². The third-order valence-corrected chi connectivity index (χ3v) is 1.97. The first-order chi connectivity index (χ1) is 7.77. The van der Waals surface area contributed by atoms with Crippen molar-refractivity contribution in [3.8, 4) is 11.3 Å². The summed E-state index contributed by atoms with van der Waals surface area (Å²) in [6.07, 6.45) is 1.28. The van der Waals surface area contributed by atoms with Crippen LogP contribution >= 0.6 is 0 Å². The quantitative estimate of drug-likeness (QED) is 0.579. The standard InChI is InChI=1S/C11H9FNO.C2H6/c12-10-6-7-13(14)11(8-10)9-4-2-1-3-5-9;1-2/h1-8,14H;1-2H3/q+1;. The summed E-state index contributed by atoms with van der Waals surface area (Å²) in [6, 6.07) is 11.6. The van der Waals surface area contributed by atoms with Crippen molar-refractivity contribution in [1.29, 1.82) is 0 Å². The van der Waals surface area contributed by atoms with Crippen LogP contribution in [0.2, 0.25) is 0 Å². The van der Waals surface area contributed by atoms with Gasteiger partial charge in [-0.25, -0.2) is 4.39 Å². The number of rotatable bonds is 1. The van der Waals surface area contributed by atoms with Crippen LogP contribution in [0.4, 0.5) is 4.39 Å². The highest BCUT2D eigenvalue weighted by Gasteiger charge is 2.12. The molecule has 1 heterocycles. The van der Waals surface area contributed by atoms with Crippen LogP contribution in [-0.2, 0) is 0 Å². The molecule has 0 unspecified atom stereocenters. The molecule has 0 aliphatic rings. The van der Waals surface area contributed by atoms with Crippen LogP contribution in [0.25, 0.3) is 11.3 Å². The smallest absolute Gasteiger partial charge is 0.267 e. The molecule has 0 aliphatic carbocycles. The van der Waals surface area contributed by atoms with E-state index in [0.717, 1.165) is 10.3 Å². The van der Waals surface area contributed by atoms with Gasteiger partial charge in [0.1, 0.15) is 5.82 Å². The molecule has 0 atom stereocenters. The van der Waals surface area contributed by atoms with Crippen molar-refractivity contribution in [1.82, 2.24) is 0 Å². The van der Waals surface area contributed by atoms with Gasteiger partial charge < -0.3 is 0 Å². The van der Waals surface area contributed by atoms with Gasteiger partial charge in [-0.05, 0) is 12.1 Å². The maximum atomic E-state index is 12.9. The van der Waals surface area contributed by atoms with Gasteiger partial charge in [-0.15, -0.1) is 0 Å². The molecule has 0 fully saturated rings. The van der Waals surface area contributed by atoms with Crippen molar-refractivity contribution in [3.05, 3.63) is 54.5 Å². The summed E-state index contributed by atoms with van der Waals surface area (Å²) in [5.74, 6) is -0.367. The minimum absolute atomic E-state index is 0.367. The van der Waals surface area contributed by atoms with Crippen molar-refractivity contribution in [3.63, 3.8) is 0 Å². The Morgan fingerprint density at radius 1 is 1.06 bits per heavy atom. The molecule has 3 heteroatoms. The molecule has 1 aromatic heterocycles. The van der Waals surface area contributed by atoms with E-state index in [2.05, 4.69) is 0 Å². The molecule has 2 aromatic rings. The van der Waals surface area contributed by atoms with Crippen LogP contribution < -0.4 is 4.73 Å². The lowest BCUT2D eigenvalue weighted by Gasteiger charge is -1.96. The second-order valence-electron chi connectivity index (χ2n) is 2.94. The van der Waals surface area contributed by atoms with E-state index in [1.165, 1.54) is 18.3 Å². The molecule has 1 aromatic carbocycles. The monoisotopic (exact) mass is 220 g/mol. The highest BCUT2D eigenvalue weighted by atomic mass is 19.1. The maximum Gasteiger partial charge on any atom is 0.267 e. The van der Waals surface area contributed by atoms with Gasteiger partial charge in [0.05, 0.1) is 11.6 Å². The molecule has 0 saturated heterocycles. The zero-order valence-electron chi connectivity index (χ0n) is 9.39. The summed E-state index contributed by atoms with van der Waals surface area (Å²) in [4.78, 5) is 0. The van der Waals surface area contributed by atoms with Crippen LogP contribution in [0.15, 0.2) is 48.7 Å². The van der Waals surface area contributed by atoms with Gasteiger partial charge in [-0.1, -0.05) is 32.0 Å². The van der Waals surface area contributed by atoms with Crippen LogP contribution in [-0.4, -0.2) is 5.21 Å². The molecule has 0 aliphatic heterocycles. The lowest BCUT2D eigenvalue weighted by atomic mass is 10.1. The molecule has 84 valence electrons. The Morgan fingerprint density at radius 3 is 2.31 bits per heavy atom. The van der Waals surface area contributed by atoms with Crippen LogP contribution in [0.3, 0.4) is 0 Å². The molecule has 0 spiro atoms. The van der Waals surface area contributed by atoms with Gasteiger partial charge in [-0.3, -0.25) is 5.21 Å². The number of aromatic nitrogens is 1. The van der Waals surface area contributed by atoms with E-state index in [4.69, 9.17) is 0 Å². The van der Waals surface area contributed by atoms with E-state index in [1.54, 1.807) is 0 Å². The number of hydrogen-bond donors (Lipinski definition) is 1. The fourth-order valence-electron chi connectivity index (χ4n) is 1.29. The first kappa shape index (κ1) is 12.2. The van der Waals surface area contributed by atoms with E-state index >= 15 is 0 Å². The number of halogens is 1. The Kier molecular flexibility index (Phi) is 4.45. The molecule has 0 saturated carbocycles. The first-order valence-corrected chi connectivity index (χ1v) is 5.23. The third kappa shape index (κ3) is 2.79. The number of nitrogens with zero attached hydrogens (tertiary/aromatic N) is 1. The summed E-state index contributed by atoms with van der Waals surface area (Å²) in [5, 5.41) is 9.44. The highest BCUT2D eigenvalue weighted by molar-refractivity contribution is 5.55. The molecule has 0 bridgehead atoms. The summed E-state index contributed by atoms with van der Waals surface area (Å²) >= 11 is 0. The van der Waals surface area contributed by atoms with Crippen LogP contribution in [0.5, 0.6) is 0 Å². The van der Waals surface area contributed by atoms with Gasteiger partial charge in [0.25, 0.3) is 5.69 Å². The second kappa shape index (κ2) is 5.85.